The van der Waals surface area contributed by atoms with Crippen molar-refractivity contribution in [2.45, 2.75) is 58.1 Å². The average Bonchev–Trinajstić information content (AvgIpc) is 2.44. The Hall–Kier alpha value is -0.880. The molecule has 2 rings (SSSR count). The molecule has 5 nitrogen and oxygen atoms in total. The van der Waals surface area contributed by atoms with E-state index < -0.39 is 5.60 Å². The van der Waals surface area contributed by atoms with E-state index in [0.717, 1.165) is 0 Å². The van der Waals surface area contributed by atoms with Crippen LogP contribution in [0.15, 0.2) is 15.5 Å². The fraction of sp³-hybridized carbons (Fsp3) is 0.733. The van der Waals surface area contributed by atoms with Gasteiger partial charge >= 0.3 is 0 Å². The normalized spacial score (nSPS) is 15.8. The van der Waals surface area contributed by atoms with Gasteiger partial charge in [-0.3, -0.25) is 4.79 Å². The van der Waals surface area contributed by atoms with E-state index in [4.69, 9.17) is 0 Å². The van der Waals surface area contributed by atoms with E-state index in [1.165, 1.54) is 23.9 Å². The topological polar surface area (TPSA) is 67.2 Å². The predicted molar refractivity (Wildman–Crippen MR) is 87.6 cm³/mol. The van der Waals surface area contributed by atoms with Crippen molar-refractivity contribution < 1.29 is 5.11 Å². The van der Waals surface area contributed by atoms with Gasteiger partial charge in [0.1, 0.15) is 5.69 Å². The molecule has 1 aromatic rings. The lowest BCUT2D eigenvalue weighted by Crippen LogP contribution is -2.38. The van der Waals surface area contributed by atoms with E-state index in [-0.39, 0.29) is 5.56 Å². The monoisotopic (exact) mass is 357 g/mol. The molecule has 118 valence electrons. The van der Waals surface area contributed by atoms with E-state index in [2.05, 4.69) is 26.3 Å². The number of hydrogen-bond acceptors (Lipinski definition) is 4. The Morgan fingerprint density at radius 2 is 2.14 bits per heavy atom. The van der Waals surface area contributed by atoms with Crippen LogP contribution in [0.3, 0.4) is 0 Å². The van der Waals surface area contributed by atoms with Crippen LogP contribution < -0.4 is 10.9 Å². The first kappa shape index (κ1) is 16.5. The lowest BCUT2D eigenvalue weighted by atomic mass is 9.85. The molecule has 0 radical (unpaired) electrons. The molecule has 0 aromatic carbocycles. The molecule has 0 atom stereocenters. The predicted octanol–water partition coefficient (Wildman–Crippen LogP) is 2.77. The Morgan fingerprint density at radius 1 is 1.48 bits per heavy atom. The fourth-order valence-corrected chi connectivity index (χ4v) is 2.83. The largest absolute Gasteiger partial charge is 0.388 e. The molecule has 0 spiro atoms. The van der Waals surface area contributed by atoms with Gasteiger partial charge in [0.2, 0.25) is 0 Å². The summed E-state index contributed by atoms with van der Waals surface area (Å²) >= 11 is 3.37. The molecule has 0 aliphatic heterocycles. The molecule has 1 aliphatic carbocycles. The van der Waals surface area contributed by atoms with Crippen molar-refractivity contribution in [2.75, 3.05) is 11.9 Å². The maximum absolute atomic E-state index is 12.5. The third kappa shape index (κ3) is 3.86. The lowest BCUT2D eigenvalue weighted by molar-refractivity contribution is 0.0456. The maximum atomic E-state index is 12.5. The first-order chi connectivity index (χ1) is 9.99. The second-order valence-electron chi connectivity index (χ2n) is 5.94. The summed E-state index contributed by atoms with van der Waals surface area (Å²) in [6.45, 7) is 4.94. The zero-order valence-electron chi connectivity index (χ0n) is 12.7. The first-order valence-corrected chi connectivity index (χ1v) is 8.50. The first-order valence-electron chi connectivity index (χ1n) is 7.71. The van der Waals surface area contributed by atoms with Gasteiger partial charge in [0.25, 0.3) is 5.56 Å². The highest BCUT2D eigenvalue weighted by atomic mass is 79.9. The molecule has 0 unspecified atom stereocenters. The highest BCUT2D eigenvalue weighted by Crippen LogP contribution is 2.27. The van der Waals surface area contributed by atoms with Crippen LogP contribution in [0.2, 0.25) is 0 Å². The number of aliphatic hydroxyl groups is 1. The molecule has 1 fully saturated rings. The van der Waals surface area contributed by atoms with Crippen LogP contribution in [0, 0.1) is 5.92 Å². The lowest BCUT2D eigenvalue weighted by Gasteiger charge is -2.27. The highest BCUT2D eigenvalue weighted by Gasteiger charge is 2.24. The number of nitrogens with one attached hydrogen (secondary N) is 1. The summed E-state index contributed by atoms with van der Waals surface area (Å²) in [5, 5.41) is 17.6. The summed E-state index contributed by atoms with van der Waals surface area (Å²) < 4.78 is 2.18. The molecular weight excluding hydrogens is 334 g/mol. The molecule has 21 heavy (non-hydrogen) atoms. The summed E-state index contributed by atoms with van der Waals surface area (Å²) in [4.78, 5) is 12.5. The van der Waals surface area contributed by atoms with Crippen molar-refractivity contribution in [1.29, 1.82) is 0 Å². The molecule has 1 aromatic heterocycles. The highest BCUT2D eigenvalue weighted by molar-refractivity contribution is 9.10. The Morgan fingerprint density at radius 3 is 2.67 bits per heavy atom. The molecular formula is C15H24BrN3O2. The summed E-state index contributed by atoms with van der Waals surface area (Å²) in [5.74, 6) is 0.576. The zero-order chi connectivity index (χ0) is 15.5. The van der Waals surface area contributed by atoms with Gasteiger partial charge in [0, 0.05) is 13.1 Å². The van der Waals surface area contributed by atoms with Gasteiger partial charge in [-0.15, -0.1) is 0 Å². The van der Waals surface area contributed by atoms with Gasteiger partial charge in [-0.1, -0.05) is 20.3 Å². The summed E-state index contributed by atoms with van der Waals surface area (Å²) in [7, 11) is 0. The van der Waals surface area contributed by atoms with Gasteiger partial charge in [0.15, 0.2) is 0 Å². The minimum atomic E-state index is -0.784. The minimum Gasteiger partial charge on any atom is -0.388 e. The number of halogens is 1. The van der Waals surface area contributed by atoms with E-state index in [9.17, 15) is 9.90 Å². The number of hydrogen-bond donors (Lipinski definition) is 2. The van der Waals surface area contributed by atoms with Gasteiger partial charge < -0.3 is 10.4 Å². The van der Waals surface area contributed by atoms with Crippen LogP contribution in [0.25, 0.3) is 0 Å². The van der Waals surface area contributed by atoms with Crippen molar-refractivity contribution in [1.82, 2.24) is 9.78 Å². The smallest absolute Gasteiger partial charge is 0.291 e. The number of anilines is 1. The van der Waals surface area contributed by atoms with Crippen molar-refractivity contribution >= 4 is 21.6 Å². The van der Waals surface area contributed by atoms with Crippen LogP contribution in [-0.2, 0) is 6.54 Å². The van der Waals surface area contributed by atoms with Gasteiger partial charge in [-0.25, -0.2) is 4.68 Å². The van der Waals surface area contributed by atoms with E-state index in [0.29, 0.717) is 42.0 Å². The molecule has 0 amide bonds. The Labute approximate surface area is 133 Å². The van der Waals surface area contributed by atoms with Crippen LogP contribution >= 0.6 is 15.9 Å². The molecule has 6 heteroatoms. The van der Waals surface area contributed by atoms with Gasteiger partial charge in [-0.05, 0) is 47.5 Å². The summed E-state index contributed by atoms with van der Waals surface area (Å²) in [6.07, 6.45) is 6.56. The van der Waals surface area contributed by atoms with Gasteiger partial charge in [-0.2, -0.15) is 5.10 Å². The Kier molecular flexibility index (Phi) is 5.43. The summed E-state index contributed by atoms with van der Waals surface area (Å²) in [5.41, 5.74) is -0.413. The standard InChI is InChI=1S/C15H24BrN3O2/c1-3-15(21,4-2)10-17-13-12(16)8-18-19(14(13)20)9-11-6-5-7-11/h8,11,17,21H,3-7,9-10H2,1-2H3. The second-order valence-corrected chi connectivity index (χ2v) is 6.79. The Balaban J connectivity index is 2.14. The molecule has 1 saturated carbocycles. The quantitative estimate of drug-likeness (QED) is 0.787. The number of rotatable bonds is 7. The minimum absolute atomic E-state index is 0.120. The summed E-state index contributed by atoms with van der Waals surface area (Å²) in [6, 6.07) is 0. The van der Waals surface area contributed by atoms with Gasteiger partial charge in [0.05, 0.1) is 16.3 Å². The fourth-order valence-electron chi connectivity index (χ4n) is 2.43. The molecule has 1 heterocycles. The molecule has 2 N–H and O–H groups in total. The van der Waals surface area contributed by atoms with E-state index in [1.54, 1.807) is 6.20 Å². The Bertz CT molecular complexity index is 536. The van der Waals surface area contributed by atoms with E-state index in [1.807, 2.05) is 13.8 Å². The van der Waals surface area contributed by atoms with Crippen LogP contribution in [-0.4, -0.2) is 27.0 Å². The molecule has 0 saturated heterocycles. The third-order valence-electron chi connectivity index (χ3n) is 4.56. The van der Waals surface area contributed by atoms with E-state index >= 15 is 0 Å². The zero-order valence-corrected chi connectivity index (χ0v) is 14.3. The third-order valence-corrected chi connectivity index (χ3v) is 5.17. The molecule has 0 bridgehead atoms. The van der Waals surface area contributed by atoms with Crippen LogP contribution in [0.5, 0.6) is 0 Å². The second kappa shape index (κ2) is 6.92. The van der Waals surface area contributed by atoms with Crippen molar-refractivity contribution in [3.05, 3.63) is 21.0 Å². The average molecular weight is 358 g/mol. The van der Waals surface area contributed by atoms with Crippen molar-refractivity contribution in [3.8, 4) is 0 Å². The van der Waals surface area contributed by atoms with Crippen molar-refractivity contribution in [2.24, 2.45) is 5.92 Å². The van der Waals surface area contributed by atoms with Crippen LogP contribution in [0.1, 0.15) is 46.0 Å². The molecule has 1 aliphatic rings. The maximum Gasteiger partial charge on any atom is 0.291 e. The number of aromatic nitrogens is 2. The van der Waals surface area contributed by atoms with Crippen molar-refractivity contribution in [3.63, 3.8) is 0 Å². The SMILES string of the molecule is CCC(O)(CC)CNc1c(Br)cnn(CC2CCC2)c1=O. The number of nitrogens with zero attached hydrogens (tertiary/aromatic N) is 2. The van der Waals surface area contributed by atoms with Crippen LogP contribution in [0.4, 0.5) is 5.69 Å².